The van der Waals surface area contributed by atoms with Crippen molar-refractivity contribution in [2.75, 3.05) is 0 Å². The monoisotopic (exact) mass is 624 g/mol. The first-order valence-electron chi connectivity index (χ1n) is 13.1. The average molecular weight is 626 g/mol. The highest BCUT2D eigenvalue weighted by molar-refractivity contribution is 6.33. The van der Waals surface area contributed by atoms with E-state index in [4.69, 9.17) is 56.4 Å². The van der Waals surface area contributed by atoms with Crippen molar-refractivity contribution < 1.29 is 0 Å². The van der Waals surface area contributed by atoms with Gasteiger partial charge >= 0.3 is 0 Å². The van der Waals surface area contributed by atoms with Gasteiger partial charge in [0.15, 0.2) is 0 Å². The molecule has 1 heterocycles. The molecule has 0 saturated carbocycles. The van der Waals surface area contributed by atoms with Crippen LogP contribution in [0.15, 0.2) is 97.1 Å². The first-order chi connectivity index (χ1) is 20.5. The molecule has 1 aromatic heterocycles. The Bertz CT molecular complexity index is 1570. The third-order valence-electron chi connectivity index (χ3n) is 6.31. The molecular formula is C36H24Cl4N2. The molecule has 0 fully saturated rings. The van der Waals surface area contributed by atoms with Crippen LogP contribution >= 0.6 is 46.4 Å². The molecule has 4 aromatic carbocycles. The summed E-state index contributed by atoms with van der Waals surface area (Å²) in [5.74, 6) is 0. The Morgan fingerprint density at radius 3 is 0.738 bits per heavy atom. The molecule has 5 rings (SSSR count). The average Bonchev–Trinajstić information content (AvgIpc) is 3.00. The normalized spacial score (nSPS) is 11.9. The summed E-state index contributed by atoms with van der Waals surface area (Å²) in [6, 6.07) is 30.6. The number of rotatable bonds is 8. The minimum absolute atomic E-state index is 0.646. The predicted molar refractivity (Wildman–Crippen MR) is 184 cm³/mol. The zero-order chi connectivity index (χ0) is 29.3. The van der Waals surface area contributed by atoms with Crippen LogP contribution in [0.2, 0.25) is 20.1 Å². The van der Waals surface area contributed by atoms with Crippen molar-refractivity contribution >= 4 is 95.0 Å². The van der Waals surface area contributed by atoms with E-state index in [1.807, 2.05) is 146 Å². The van der Waals surface area contributed by atoms with Crippen LogP contribution in [0.5, 0.6) is 0 Å². The van der Waals surface area contributed by atoms with Crippen molar-refractivity contribution in [3.63, 3.8) is 0 Å². The topological polar surface area (TPSA) is 25.8 Å². The van der Waals surface area contributed by atoms with Crippen LogP contribution in [0.25, 0.3) is 48.6 Å². The van der Waals surface area contributed by atoms with Crippen molar-refractivity contribution in [1.29, 1.82) is 0 Å². The van der Waals surface area contributed by atoms with E-state index < -0.39 is 0 Å². The lowest BCUT2D eigenvalue weighted by molar-refractivity contribution is 1.12. The van der Waals surface area contributed by atoms with Gasteiger partial charge in [0, 0.05) is 20.1 Å². The van der Waals surface area contributed by atoms with Crippen LogP contribution in [0.4, 0.5) is 0 Å². The number of halogens is 4. The number of benzene rings is 4. The Balaban J connectivity index is 1.66. The molecule has 0 radical (unpaired) electrons. The molecule has 0 saturated heterocycles. The van der Waals surface area contributed by atoms with Gasteiger partial charge in [0.2, 0.25) is 0 Å². The van der Waals surface area contributed by atoms with E-state index in [0.717, 1.165) is 22.3 Å². The van der Waals surface area contributed by atoms with Gasteiger partial charge in [0.05, 0.1) is 22.8 Å². The fraction of sp³-hybridized carbons (Fsp3) is 0. The minimum Gasteiger partial charge on any atom is -0.245 e. The summed E-state index contributed by atoms with van der Waals surface area (Å²) in [4.78, 5) is 10.1. The molecule has 0 atom stereocenters. The quantitative estimate of drug-likeness (QED) is 0.171. The standard InChI is InChI=1S/C36H24Cl4N2/c37-29-13-5-1-9-25(29)17-21-33-34(22-18-26-10-2-6-14-30(26)38)42-36(24-20-28-12-4-8-16-32(28)40)35(41-33)23-19-27-11-3-7-15-31(27)39/h1-24H. The van der Waals surface area contributed by atoms with Crippen molar-refractivity contribution in [2.45, 2.75) is 0 Å². The summed E-state index contributed by atoms with van der Waals surface area (Å²) in [6.45, 7) is 0. The third kappa shape index (κ3) is 7.67. The van der Waals surface area contributed by atoms with Gasteiger partial charge in [-0.15, -0.1) is 0 Å². The zero-order valence-corrected chi connectivity index (χ0v) is 25.3. The number of nitrogens with zero attached hydrogens (tertiary/aromatic N) is 2. The fourth-order valence-corrected chi connectivity index (χ4v) is 4.89. The van der Waals surface area contributed by atoms with E-state index in [1.165, 1.54) is 0 Å². The van der Waals surface area contributed by atoms with E-state index in [9.17, 15) is 0 Å². The predicted octanol–water partition coefficient (Wildman–Crippen LogP) is 11.8. The molecule has 0 unspecified atom stereocenters. The Hall–Kier alpha value is -3.92. The maximum absolute atomic E-state index is 6.43. The molecule has 6 heteroatoms. The summed E-state index contributed by atoms with van der Waals surface area (Å²) in [6.07, 6.45) is 15.4. The fourth-order valence-electron chi connectivity index (χ4n) is 4.10. The van der Waals surface area contributed by atoms with Crippen molar-refractivity contribution in [1.82, 2.24) is 9.97 Å². The number of hydrogen-bond acceptors (Lipinski definition) is 2. The molecule has 2 nitrogen and oxygen atoms in total. The maximum Gasteiger partial charge on any atom is 0.0894 e. The highest BCUT2D eigenvalue weighted by Crippen LogP contribution is 2.25. The van der Waals surface area contributed by atoms with Crippen LogP contribution < -0.4 is 0 Å². The summed E-state index contributed by atoms with van der Waals surface area (Å²) in [5.41, 5.74) is 6.13. The molecule has 0 aliphatic rings. The van der Waals surface area contributed by atoms with Crippen molar-refractivity contribution in [2.24, 2.45) is 0 Å². The maximum atomic E-state index is 6.43. The first kappa shape index (κ1) is 29.6. The summed E-state index contributed by atoms with van der Waals surface area (Å²) in [7, 11) is 0. The third-order valence-corrected chi connectivity index (χ3v) is 7.69. The van der Waals surface area contributed by atoms with Gasteiger partial charge in [-0.2, -0.15) is 0 Å². The summed E-state index contributed by atoms with van der Waals surface area (Å²) in [5, 5.41) is 2.59. The summed E-state index contributed by atoms with van der Waals surface area (Å²) >= 11 is 25.7. The molecule has 0 aliphatic carbocycles. The van der Waals surface area contributed by atoms with E-state index in [2.05, 4.69) is 0 Å². The molecule has 0 aliphatic heterocycles. The lowest BCUT2D eigenvalue weighted by atomic mass is 10.1. The Morgan fingerprint density at radius 2 is 0.524 bits per heavy atom. The Morgan fingerprint density at radius 1 is 0.310 bits per heavy atom. The number of aromatic nitrogens is 2. The molecule has 0 spiro atoms. The molecule has 0 amide bonds. The largest absolute Gasteiger partial charge is 0.245 e. The highest BCUT2D eigenvalue weighted by atomic mass is 35.5. The van der Waals surface area contributed by atoms with Gasteiger partial charge in [-0.1, -0.05) is 144 Å². The van der Waals surface area contributed by atoms with Crippen molar-refractivity contribution in [3.05, 3.63) is 162 Å². The van der Waals surface area contributed by atoms with Crippen LogP contribution in [0.1, 0.15) is 45.0 Å². The second-order valence-corrected chi connectivity index (χ2v) is 10.8. The lowest BCUT2D eigenvalue weighted by Gasteiger charge is -2.08. The van der Waals surface area contributed by atoms with E-state index in [0.29, 0.717) is 42.9 Å². The van der Waals surface area contributed by atoms with Gasteiger partial charge in [0.1, 0.15) is 0 Å². The molecule has 5 aromatic rings. The molecule has 206 valence electrons. The summed E-state index contributed by atoms with van der Waals surface area (Å²) < 4.78 is 0. The van der Waals surface area contributed by atoms with E-state index >= 15 is 0 Å². The second kappa shape index (κ2) is 14.3. The van der Waals surface area contributed by atoms with E-state index in [1.54, 1.807) is 0 Å². The lowest BCUT2D eigenvalue weighted by Crippen LogP contribution is -2.00. The zero-order valence-electron chi connectivity index (χ0n) is 22.3. The van der Waals surface area contributed by atoms with Gasteiger partial charge < -0.3 is 0 Å². The number of hydrogen-bond donors (Lipinski definition) is 0. The van der Waals surface area contributed by atoms with Gasteiger partial charge in [-0.3, -0.25) is 0 Å². The first-order valence-corrected chi connectivity index (χ1v) is 14.6. The Kier molecular flexibility index (Phi) is 10.1. The molecule has 0 N–H and O–H groups in total. The van der Waals surface area contributed by atoms with Crippen LogP contribution in [0, 0.1) is 0 Å². The SMILES string of the molecule is Clc1ccccc1C=Cc1nc(C=Cc2ccccc2Cl)c(C=Cc2ccccc2Cl)nc1C=Cc1ccccc1Cl. The van der Waals surface area contributed by atoms with Gasteiger partial charge in [-0.25, -0.2) is 9.97 Å². The minimum atomic E-state index is 0.646. The van der Waals surface area contributed by atoms with Gasteiger partial charge in [-0.05, 0) is 70.8 Å². The molecular weight excluding hydrogens is 602 g/mol. The van der Waals surface area contributed by atoms with Gasteiger partial charge in [0.25, 0.3) is 0 Å². The van der Waals surface area contributed by atoms with Crippen LogP contribution in [-0.2, 0) is 0 Å². The van der Waals surface area contributed by atoms with E-state index in [-0.39, 0.29) is 0 Å². The Labute approximate surface area is 265 Å². The second-order valence-electron chi connectivity index (χ2n) is 9.18. The molecule has 0 bridgehead atoms. The van der Waals surface area contributed by atoms with Crippen molar-refractivity contribution in [3.8, 4) is 0 Å². The van der Waals surface area contributed by atoms with Crippen LogP contribution in [0.3, 0.4) is 0 Å². The molecule has 42 heavy (non-hydrogen) atoms. The highest BCUT2D eigenvalue weighted by Gasteiger charge is 2.09. The van der Waals surface area contributed by atoms with Crippen LogP contribution in [-0.4, -0.2) is 9.97 Å². The smallest absolute Gasteiger partial charge is 0.0894 e.